The van der Waals surface area contributed by atoms with E-state index in [9.17, 15) is 0 Å². The summed E-state index contributed by atoms with van der Waals surface area (Å²) >= 11 is 3.32. The van der Waals surface area contributed by atoms with Crippen molar-refractivity contribution in [3.05, 3.63) is 24.5 Å². The third-order valence-corrected chi connectivity index (χ3v) is 5.96. The summed E-state index contributed by atoms with van der Waals surface area (Å²) in [7, 11) is 0. The zero-order chi connectivity index (χ0) is 14.9. The van der Waals surface area contributed by atoms with Gasteiger partial charge in [0.25, 0.3) is 0 Å². The normalized spacial score (nSPS) is 19.0. The Hall–Kier alpha value is -1.67. The van der Waals surface area contributed by atoms with Crippen molar-refractivity contribution in [2.24, 2.45) is 0 Å². The topological polar surface area (TPSA) is 70.6 Å². The van der Waals surface area contributed by atoms with Crippen LogP contribution in [0.4, 0.5) is 5.82 Å². The van der Waals surface area contributed by atoms with Gasteiger partial charge in [0, 0.05) is 18.9 Å². The van der Waals surface area contributed by atoms with Crippen LogP contribution in [0.25, 0.3) is 10.3 Å². The van der Waals surface area contributed by atoms with Crippen LogP contribution in [0.3, 0.4) is 0 Å². The van der Waals surface area contributed by atoms with Gasteiger partial charge in [0.05, 0.1) is 6.04 Å². The van der Waals surface area contributed by atoms with Crippen LogP contribution in [0.2, 0.25) is 0 Å². The van der Waals surface area contributed by atoms with Crippen LogP contribution in [0.15, 0.2) is 23.1 Å². The number of piperidine rings is 1. The largest absolute Gasteiger partial charge is 0.347 e. The minimum Gasteiger partial charge on any atom is -0.347 e. The van der Waals surface area contributed by atoms with Crippen LogP contribution in [-0.4, -0.2) is 37.7 Å². The van der Waals surface area contributed by atoms with Crippen molar-refractivity contribution >= 4 is 39.3 Å². The summed E-state index contributed by atoms with van der Waals surface area (Å²) in [6.07, 6.45) is 10.8. The Morgan fingerprint density at radius 1 is 1.32 bits per heavy atom. The van der Waals surface area contributed by atoms with E-state index in [0.29, 0.717) is 0 Å². The van der Waals surface area contributed by atoms with Crippen LogP contribution in [-0.2, 0) is 0 Å². The van der Waals surface area contributed by atoms with E-state index in [4.69, 9.17) is 0 Å². The van der Waals surface area contributed by atoms with Gasteiger partial charge in [-0.15, -0.1) is 11.3 Å². The Bertz CT molecular complexity index is 769. The molecule has 0 radical (unpaired) electrons. The van der Waals surface area contributed by atoms with Gasteiger partial charge < -0.3 is 9.88 Å². The molecule has 4 rings (SSSR count). The molecule has 1 fully saturated rings. The Morgan fingerprint density at radius 3 is 3.09 bits per heavy atom. The van der Waals surface area contributed by atoms with Gasteiger partial charge in [0.1, 0.15) is 16.9 Å². The molecule has 22 heavy (non-hydrogen) atoms. The molecule has 8 heteroatoms. The van der Waals surface area contributed by atoms with Gasteiger partial charge in [-0.3, -0.25) is 0 Å². The number of nitrogens with zero attached hydrogens (tertiary/aromatic N) is 5. The van der Waals surface area contributed by atoms with Crippen LogP contribution in [0.1, 0.15) is 31.1 Å². The molecule has 0 aliphatic carbocycles. The number of hydrogen-bond donors (Lipinski definition) is 1. The third-order valence-electron chi connectivity index (χ3n) is 3.94. The molecule has 1 aliphatic rings. The number of anilines is 1. The lowest BCUT2D eigenvalue weighted by atomic mass is 10.0. The Morgan fingerprint density at radius 2 is 2.27 bits per heavy atom. The minimum absolute atomic E-state index is 0.252. The summed E-state index contributed by atoms with van der Waals surface area (Å²) in [4.78, 5) is 23.5. The van der Waals surface area contributed by atoms with Gasteiger partial charge in [-0.1, -0.05) is 11.8 Å². The summed E-state index contributed by atoms with van der Waals surface area (Å²) in [6, 6.07) is 0.252. The maximum atomic E-state index is 4.57. The predicted octanol–water partition coefficient (Wildman–Crippen LogP) is 3.26. The maximum absolute atomic E-state index is 4.57. The quantitative estimate of drug-likeness (QED) is 0.742. The minimum atomic E-state index is 0.252. The highest BCUT2D eigenvalue weighted by atomic mass is 32.2. The summed E-state index contributed by atoms with van der Waals surface area (Å²) in [6.45, 7) is 0.990. The zero-order valence-corrected chi connectivity index (χ0v) is 13.8. The van der Waals surface area contributed by atoms with Crippen molar-refractivity contribution < 1.29 is 0 Å². The molecule has 1 unspecified atom stereocenters. The smallest absolute Gasteiger partial charge is 0.176 e. The number of H-pyrrole nitrogens is 1. The van der Waals surface area contributed by atoms with Crippen LogP contribution >= 0.6 is 23.1 Å². The lowest BCUT2D eigenvalue weighted by Gasteiger charge is -2.35. The Kier molecular flexibility index (Phi) is 3.71. The van der Waals surface area contributed by atoms with E-state index in [1.807, 2.05) is 18.6 Å². The van der Waals surface area contributed by atoms with Crippen LogP contribution in [0.5, 0.6) is 0 Å². The fraction of sp³-hybridized carbons (Fsp3) is 0.429. The third kappa shape index (κ3) is 2.36. The van der Waals surface area contributed by atoms with E-state index in [1.165, 1.54) is 12.8 Å². The number of imidazole rings is 1. The molecule has 3 aromatic rings. The van der Waals surface area contributed by atoms with Gasteiger partial charge in [0.2, 0.25) is 0 Å². The van der Waals surface area contributed by atoms with E-state index in [-0.39, 0.29) is 6.04 Å². The van der Waals surface area contributed by atoms with Crippen LogP contribution in [0, 0.1) is 0 Å². The molecule has 6 nitrogen and oxygen atoms in total. The van der Waals surface area contributed by atoms with Crippen molar-refractivity contribution in [3.63, 3.8) is 0 Å². The molecule has 0 bridgehead atoms. The first kappa shape index (κ1) is 14.0. The second kappa shape index (κ2) is 5.85. The number of rotatable bonds is 3. The highest BCUT2D eigenvalue weighted by Gasteiger charge is 2.29. The Labute approximate surface area is 136 Å². The molecule has 114 valence electrons. The number of fused-ring (bicyclic) bond motifs is 1. The molecule has 0 aromatic carbocycles. The first-order valence-electron chi connectivity index (χ1n) is 7.28. The molecular weight excluding hydrogens is 316 g/mol. The summed E-state index contributed by atoms with van der Waals surface area (Å²) in [5, 5.41) is 0. The monoisotopic (exact) mass is 332 g/mol. The van der Waals surface area contributed by atoms with E-state index >= 15 is 0 Å². The van der Waals surface area contributed by atoms with Crippen molar-refractivity contribution in [3.8, 4) is 0 Å². The molecule has 1 N–H and O–H groups in total. The second-order valence-corrected chi connectivity index (χ2v) is 7.27. The van der Waals surface area contributed by atoms with Crippen molar-refractivity contribution in [1.82, 2.24) is 24.9 Å². The SMILES string of the molecule is CSc1nc2ncnc(N3CCCCC3c3ncc[nH]3)c2s1. The predicted molar refractivity (Wildman–Crippen MR) is 89.5 cm³/mol. The zero-order valence-electron chi connectivity index (χ0n) is 12.2. The summed E-state index contributed by atoms with van der Waals surface area (Å²) in [5.74, 6) is 2.00. The van der Waals surface area contributed by atoms with Crippen molar-refractivity contribution in [2.45, 2.75) is 29.6 Å². The highest BCUT2D eigenvalue weighted by Crippen LogP contribution is 2.38. The molecule has 4 heterocycles. The average molecular weight is 332 g/mol. The lowest BCUT2D eigenvalue weighted by Crippen LogP contribution is -2.34. The van der Waals surface area contributed by atoms with Gasteiger partial charge in [-0.25, -0.2) is 19.9 Å². The fourth-order valence-electron chi connectivity index (χ4n) is 2.94. The average Bonchev–Trinajstić information content (AvgIpc) is 3.23. The number of aromatic amines is 1. The Balaban J connectivity index is 1.80. The molecule has 1 saturated heterocycles. The molecule has 0 spiro atoms. The van der Waals surface area contributed by atoms with Crippen molar-refractivity contribution in [2.75, 3.05) is 17.7 Å². The fourth-order valence-corrected chi connectivity index (χ4v) is 4.46. The number of hydrogen-bond acceptors (Lipinski definition) is 7. The van der Waals surface area contributed by atoms with Gasteiger partial charge >= 0.3 is 0 Å². The van der Waals surface area contributed by atoms with E-state index in [0.717, 1.165) is 39.3 Å². The molecular formula is C14H16N6S2. The summed E-state index contributed by atoms with van der Waals surface area (Å²) in [5.41, 5.74) is 0.795. The number of thioether (sulfide) groups is 1. The lowest BCUT2D eigenvalue weighted by molar-refractivity contribution is 0.456. The van der Waals surface area contributed by atoms with Gasteiger partial charge in [0.15, 0.2) is 15.8 Å². The van der Waals surface area contributed by atoms with Crippen LogP contribution < -0.4 is 4.90 Å². The van der Waals surface area contributed by atoms with E-state index < -0.39 is 0 Å². The first-order valence-corrected chi connectivity index (χ1v) is 9.32. The molecule has 1 aliphatic heterocycles. The van der Waals surface area contributed by atoms with E-state index in [2.05, 4.69) is 29.8 Å². The van der Waals surface area contributed by atoms with Gasteiger partial charge in [-0.2, -0.15) is 0 Å². The number of nitrogens with one attached hydrogen (secondary N) is 1. The maximum Gasteiger partial charge on any atom is 0.176 e. The van der Waals surface area contributed by atoms with E-state index in [1.54, 1.807) is 29.4 Å². The first-order chi connectivity index (χ1) is 10.9. The second-order valence-electron chi connectivity index (χ2n) is 5.21. The molecule has 0 saturated carbocycles. The summed E-state index contributed by atoms with van der Waals surface area (Å²) < 4.78 is 2.11. The highest BCUT2D eigenvalue weighted by molar-refractivity contribution is 8.00. The molecule has 3 aromatic heterocycles. The number of aromatic nitrogens is 5. The standard InChI is InChI=1S/C14H16N6S2/c1-21-14-19-12-10(22-14)13(18-8-17-12)20-7-3-2-4-9(20)11-15-5-6-16-11/h5-6,8-9H,2-4,7H2,1H3,(H,15,16). The number of thiazole rings is 1. The molecule has 0 amide bonds. The van der Waals surface area contributed by atoms with Gasteiger partial charge in [-0.05, 0) is 25.5 Å². The molecule has 1 atom stereocenters. The van der Waals surface area contributed by atoms with Crippen molar-refractivity contribution in [1.29, 1.82) is 0 Å².